The Hall–Kier alpha value is -3.66. The summed E-state index contributed by atoms with van der Waals surface area (Å²) in [6, 6.07) is 12.6. The van der Waals surface area contributed by atoms with Crippen LogP contribution in [-0.4, -0.2) is 47.3 Å². The van der Waals surface area contributed by atoms with Crippen LogP contribution >= 0.6 is 0 Å². The Labute approximate surface area is 182 Å². The third-order valence-corrected chi connectivity index (χ3v) is 5.03. The molecule has 10 heteroatoms. The summed E-state index contributed by atoms with van der Waals surface area (Å²) in [6.07, 6.45) is -3.82. The molecule has 0 aliphatic carbocycles. The van der Waals surface area contributed by atoms with E-state index < -0.39 is 23.9 Å². The van der Waals surface area contributed by atoms with Gasteiger partial charge in [0.05, 0.1) is 29.6 Å². The van der Waals surface area contributed by atoms with Crippen molar-refractivity contribution in [3.8, 4) is 11.3 Å². The van der Waals surface area contributed by atoms with E-state index in [2.05, 4.69) is 15.3 Å². The van der Waals surface area contributed by atoms with Crippen LogP contribution in [-0.2, 0) is 6.18 Å². The van der Waals surface area contributed by atoms with E-state index in [0.717, 1.165) is 12.1 Å². The van der Waals surface area contributed by atoms with Gasteiger partial charge in [-0.25, -0.2) is 14.8 Å². The second kappa shape index (κ2) is 8.46. The molecule has 0 unspecified atom stereocenters. The van der Waals surface area contributed by atoms with E-state index in [1.54, 1.807) is 42.3 Å². The molecule has 0 saturated heterocycles. The molecule has 2 amide bonds. The summed E-state index contributed by atoms with van der Waals surface area (Å²) in [5.74, 6) is 0.549. The van der Waals surface area contributed by atoms with E-state index in [0.29, 0.717) is 11.5 Å². The van der Waals surface area contributed by atoms with Crippen molar-refractivity contribution < 1.29 is 23.1 Å². The van der Waals surface area contributed by atoms with E-state index in [4.69, 9.17) is 0 Å². The number of fused-ring (bicyclic) bond motifs is 1. The number of rotatable bonds is 2. The quantitative estimate of drug-likeness (QED) is 0.626. The number of amides is 2. The molecule has 0 saturated carbocycles. The summed E-state index contributed by atoms with van der Waals surface area (Å²) < 4.78 is 39.5. The molecule has 2 N–H and O–H groups in total. The zero-order chi connectivity index (χ0) is 22.9. The lowest BCUT2D eigenvalue weighted by Crippen LogP contribution is -2.41. The van der Waals surface area contributed by atoms with Gasteiger partial charge in [-0.1, -0.05) is 18.2 Å². The number of hydrogen-bond donors (Lipinski definition) is 2. The highest BCUT2D eigenvalue weighted by atomic mass is 19.4. The van der Waals surface area contributed by atoms with Gasteiger partial charge in [0.1, 0.15) is 5.82 Å². The Balaban J connectivity index is 1.75. The Kier molecular flexibility index (Phi) is 5.70. The van der Waals surface area contributed by atoms with Crippen LogP contribution in [0.1, 0.15) is 5.56 Å². The minimum atomic E-state index is -4.49. The lowest BCUT2D eigenvalue weighted by molar-refractivity contribution is -0.137. The maximum absolute atomic E-state index is 13.2. The molecule has 32 heavy (non-hydrogen) atoms. The zero-order valence-corrected chi connectivity index (χ0v) is 17.0. The largest absolute Gasteiger partial charge is 0.416 e. The fraction of sp³-hybridized carbons (Fsp3) is 0.227. The Bertz CT molecular complexity index is 1120. The molecule has 1 aliphatic heterocycles. The first-order valence-corrected chi connectivity index (χ1v) is 9.80. The predicted octanol–water partition coefficient (Wildman–Crippen LogP) is 4.01. The summed E-state index contributed by atoms with van der Waals surface area (Å²) in [5, 5.41) is 13.1. The third kappa shape index (κ3) is 4.50. The lowest BCUT2D eigenvalue weighted by atomic mass is 10.1. The number of aliphatic hydroxyl groups is 1. The van der Waals surface area contributed by atoms with Gasteiger partial charge in [-0.2, -0.15) is 13.2 Å². The lowest BCUT2D eigenvalue weighted by Gasteiger charge is -2.24. The van der Waals surface area contributed by atoms with Gasteiger partial charge in [0.25, 0.3) is 0 Å². The van der Waals surface area contributed by atoms with Gasteiger partial charge in [-0.05, 0) is 36.4 Å². The van der Waals surface area contributed by atoms with Crippen molar-refractivity contribution in [3.63, 3.8) is 0 Å². The summed E-state index contributed by atoms with van der Waals surface area (Å²) in [7, 11) is 1.74. The van der Waals surface area contributed by atoms with Crippen molar-refractivity contribution in [3.05, 3.63) is 66.4 Å². The zero-order valence-electron chi connectivity index (χ0n) is 17.0. The second-order valence-corrected chi connectivity index (χ2v) is 7.41. The SMILES string of the molecule is CN1C[C@@H](O)CN(C(=O)Nc2ccccn2)c2nc(-c3cccc(C(F)(F)F)c3)ccc21. The monoisotopic (exact) mass is 443 g/mol. The number of halogens is 3. The topological polar surface area (TPSA) is 81.6 Å². The summed E-state index contributed by atoms with van der Waals surface area (Å²) in [6.45, 7) is 0.208. The van der Waals surface area contributed by atoms with E-state index in [1.165, 1.54) is 23.2 Å². The number of carbonyl (C=O) groups excluding carboxylic acids is 1. The third-order valence-electron chi connectivity index (χ3n) is 5.03. The van der Waals surface area contributed by atoms with Crippen LogP contribution in [0, 0.1) is 0 Å². The van der Waals surface area contributed by atoms with Gasteiger partial charge in [0, 0.05) is 25.4 Å². The second-order valence-electron chi connectivity index (χ2n) is 7.41. The van der Waals surface area contributed by atoms with Crippen molar-refractivity contribution >= 4 is 23.4 Å². The highest BCUT2D eigenvalue weighted by Gasteiger charge is 2.32. The van der Waals surface area contributed by atoms with Crippen LogP contribution in [0.5, 0.6) is 0 Å². The summed E-state index contributed by atoms with van der Waals surface area (Å²) in [5.41, 5.74) is 0.313. The number of nitrogens with one attached hydrogen (secondary N) is 1. The highest BCUT2D eigenvalue weighted by Crippen LogP contribution is 2.35. The number of anilines is 3. The van der Waals surface area contributed by atoms with Gasteiger partial charge >= 0.3 is 12.2 Å². The summed E-state index contributed by atoms with van der Waals surface area (Å²) >= 11 is 0. The van der Waals surface area contributed by atoms with Crippen molar-refractivity contribution in [1.82, 2.24) is 9.97 Å². The Morgan fingerprint density at radius 3 is 2.66 bits per heavy atom. The first-order chi connectivity index (χ1) is 15.2. The van der Waals surface area contributed by atoms with Gasteiger partial charge in [-0.15, -0.1) is 0 Å². The minimum absolute atomic E-state index is 0.0466. The molecule has 166 valence electrons. The fourth-order valence-electron chi connectivity index (χ4n) is 3.52. The number of alkyl halides is 3. The fourth-order valence-corrected chi connectivity index (χ4v) is 3.52. The van der Waals surface area contributed by atoms with Crippen molar-refractivity contribution in [2.75, 3.05) is 35.3 Å². The highest BCUT2D eigenvalue weighted by molar-refractivity contribution is 6.03. The van der Waals surface area contributed by atoms with Crippen LogP contribution < -0.4 is 15.1 Å². The van der Waals surface area contributed by atoms with E-state index in [-0.39, 0.29) is 30.2 Å². The predicted molar refractivity (Wildman–Crippen MR) is 115 cm³/mol. The number of carbonyl (C=O) groups is 1. The average Bonchev–Trinajstić information content (AvgIpc) is 2.89. The van der Waals surface area contributed by atoms with Crippen LogP contribution in [0.15, 0.2) is 60.8 Å². The number of aliphatic hydroxyl groups excluding tert-OH is 1. The van der Waals surface area contributed by atoms with Crippen LogP contribution in [0.25, 0.3) is 11.3 Å². The molecule has 0 spiro atoms. The van der Waals surface area contributed by atoms with Gasteiger partial charge < -0.3 is 10.0 Å². The van der Waals surface area contributed by atoms with Gasteiger partial charge in [0.15, 0.2) is 5.82 Å². The minimum Gasteiger partial charge on any atom is -0.389 e. The number of β-amino-alcohol motifs (C(OH)–C–C–N with tert-alkyl or cyclic N) is 1. The smallest absolute Gasteiger partial charge is 0.389 e. The Morgan fingerprint density at radius 1 is 1.12 bits per heavy atom. The van der Waals surface area contributed by atoms with E-state index >= 15 is 0 Å². The van der Waals surface area contributed by atoms with Crippen molar-refractivity contribution in [1.29, 1.82) is 0 Å². The standard InChI is InChI=1S/C22H20F3N5O2/c1-29-12-16(31)13-30(21(32)28-19-7-2-3-10-26-19)20-18(29)9-8-17(27-20)14-5-4-6-15(11-14)22(23,24)25/h2-11,16,31H,12-13H2,1H3,(H,26,28,32)/t16-/m1/s1. The summed E-state index contributed by atoms with van der Waals surface area (Å²) in [4.78, 5) is 24.6. The number of urea groups is 1. The number of likely N-dealkylation sites (N-methyl/N-ethyl adjacent to an activating group) is 1. The average molecular weight is 443 g/mol. The number of nitrogens with zero attached hydrogens (tertiary/aromatic N) is 4. The van der Waals surface area contributed by atoms with Gasteiger partial charge in [-0.3, -0.25) is 10.2 Å². The van der Waals surface area contributed by atoms with E-state index in [1.807, 2.05) is 0 Å². The van der Waals surface area contributed by atoms with Crippen LogP contribution in [0.2, 0.25) is 0 Å². The normalized spacial score (nSPS) is 16.3. The molecule has 7 nitrogen and oxygen atoms in total. The molecule has 1 aromatic carbocycles. The molecule has 1 aliphatic rings. The molecule has 2 aromatic heterocycles. The molecular formula is C22H20F3N5O2. The molecule has 3 heterocycles. The number of hydrogen-bond acceptors (Lipinski definition) is 5. The van der Waals surface area contributed by atoms with E-state index in [9.17, 15) is 23.1 Å². The van der Waals surface area contributed by atoms with Crippen molar-refractivity contribution in [2.24, 2.45) is 0 Å². The first kappa shape index (κ1) is 21.6. The Morgan fingerprint density at radius 2 is 1.94 bits per heavy atom. The molecule has 0 fully saturated rings. The molecular weight excluding hydrogens is 423 g/mol. The maximum atomic E-state index is 13.2. The molecule has 3 aromatic rings. The molecule has 4 rings (SSSR count). The van der Waals surface area contributed by atoms with Crippen molar-refractivity contribution in [2.45, 2.75) is 12.3 Å². The van der Waals surface area contributed by atoms with Crippen LogP contribution in [0.3, 0.4) is 0 Å². The molecule has 0 radical (unpaired) electrons. The number of aromatic nitrogens is 2. The number of pyridine rings is 2. The molecule has 1 atom stereocenters. The molecule has 0 bridgehead atoms. The maximum Gasteiger partial charge on any atom is 0.416 e. The van der Waals surface area contributed by atoms with Gasteiger partial charge in [0.2, 0.25) is 0 Å². The first-order valence-electron chi connectivity index (χ1n) is 9.80. The van der Waals surface area contributed by atoms with Crippen LogP contribution in [0.4, 0.5) is 35.3 Å². The number of benzene rings is 1.